The van der Waals surface area contributed by atoms with E-state index in [9.17, 15) is 8.42 Å². The van der Waals surface area contributed by atoms with Crippen LogP contribution in [0.3, 0.4) is 0 Å². The Morgan fingerprint density at radius 1 is 0.931 bits per heavy atom. The van der Waals surface area contributed by atoms with E-state index in [1.54, 1.807) is 37.4 Å². The van der Waals surface area contributed by atoms with E-state index in [-0.39, 0.29) is 22.9 Å². The number of amidine groups is 2. The van der Waals surface area contributed by atoms with Crippen molar-refractivity contribution in [2.75, 3.05) is 7.11 Å². The number of hydrogen-bond acceptors (Lipinski definition) is 4. The number of rotatable bonds is 6. The molecule has 2 aromatic rings. The van der Waals surface area contributed by atoms with E-state index in [4.69, 9.17) is 9.73 Å². The van der Waals surface area contributed by atoms with Crippen molar-refractivity contribution in [2.24, 2.45) is 9.39 Å². The average molecular weight is 414 g/mol. The van der Waals surface area contributed by atoms with Gasteiger partial charge in [-0.15, -0.1) is 4.40 Å². The smallest absolute Gasteiger partial charge is 0.283 e. The molecule has 0 aromatic heterocycles. The number of methoxy groups -OCH3 is 1. The van der Waals surface area contributed by atoms with Gasteiger partial charge in [0.2, 0.25) is 0 Å². The number of likely N-dealkylation sites (tertiary alicyclic amines) is 1. The zero-order valence-electron chi connectivity index (χ0n) is 17.4. The summed E-state index contributed by atoms with van der Waals surface area (Å²) >= 11 is 0. The van der Waals surface area contributed by atoms with Crippen LogP contribution in [0.1, 0.15) is 39.2 Å². The Morgan fingerprint density at radius 3 is 2.07 bits per heavy atom. The molecule has 0 bridgehead atoms. The minimum atomic E-state index is -3.83. The molecule has 154 valence electrons. The SMILES string of the molecule is COc1ccc(C2C(=NC(C)C)N(C(C)C)/C2=N/S(=O)(=O)c2ccccc2)cc1. The molecular weight excluding hydrogens is 386 g/mol. The fraction of sp³-hybridized carbons (Fsp3) is 0.364. The molecule has 3 rings (SSSR count). The van der Waals surface area contributed by atoms with Crippen molar-refractivity contribution in [3.8, 4) is 5.75 Å². The summed E-state index contributed by atoms with van der Waals surface area (Å²) in [6.45, 7) is 8.02. The summed E-state index contributed by atoms with van der Waals surface area (Å²) < 4.78 is 35.4. The monoisotopic (exact) mass is 413 g/mol. The normalized spacial score (nSPS) is 19.8. The highest BCUT2D eigenvalue weighted by atomic mass is 32.2. The molecule has 0 spiro atoms. The van der Waals surface area contributed by atoms with Gasteiger partial charge in [-0.05, 0) is 57.5 Å². The number of sulfonamides is 1. The Labute approximate surface area is 173 Å². The lowest BCUT2D eigenvalue weighted by Gasteiger charge is -2.46. The van der Waals surface area contributed by atoms with Gasteiger partial charge in [0.05, 0.1) is 12.0 Å². The maximum absolute atomic E-state index is 12.9. The van der Waals surface area contributed by atoms with Gasteiger partial charge < -0.3 is 9.64 Å². The Morgan fingerprint density at radius 2 is 1.55 bits per heavy atom. The molecule has 0 aliphatic carbocycles. The maximum Gasteiger partial charge on any atom is 0.283 e. The predicted octanol–water partition coefficient (Wildman–Crippen LogP) is 4.10. The van der Waals surface area contributed by atoms with Gasteiger partial charge in [-0.1, -0.05) is 30.3 Å². The molecule has 1 aliphatic heterocycles. The number of aliphatic imine (C=N–C) groups is 1. The maximum atomic E-state index is 12.9. The van der Waals surface area contributed by atoms with Gasteiger partial charge in [-0.25, -0.2) is 0 Å². The van der Waals surface area contributed by atoms with Crippen LogP contribution in [0.4, 0.5) is 0 Å². The molecule has 1 heterocycles. The number of nitrogens with zero attached hydrogens (tertiary/aromatic N) is 3. The summed E-state index contributed by atoms with van der Waals surface area (Å²) in [7, 11) is -2.21. The molecule has 1 fully saturated rings. The second kappa shape index (κ2) is 8.37. The summed E-state index contributed by atoms with van der Waals surface area (Å²) in [6.07, 6.45) is 0. The summed E-state index contributed by atoms with van der Waals surface area (Å²) in [4.78, 5) is 6.87. The minimum absolute atomic E-state index is 0.0340. The van der Waals surface area contributed by atoms with Crippen LogP contribution >= 0.6 is 0 Å². The summed E-state index contributed by atoms with van der Waals surface area (Å²) in [5.74, 6) is 1.77. The van der Waals surface area contributed by atoms with E-state index in [0.717, 1.165) is 17.1 Å². The van der Waals surface area contributed by atoms with E-state index in [1.807, 2.05) is 56.9 Å². The third-order valence-corrected chi connectivity index (χ3v) is 5.92. The predicted molar refractivity (Wildman–Crippen MR) is 116 cm³/mol. The van der Waals surface area contributed by atoms with Gasteiger partial charge in [-0.3, -0.25) is 4.99 Å². The molecule has 1 aliphatic rings. The van der Waals surface area contributed by atoms with Crippen LogP contribution in [0.15, 0.2) is 68.9 Å². The summed E-state index contributed by atoms with van der Waals surface area (Å²) in [6, 6.07) is 16.0. The molecule has 0 N–H and O–H groups in total. The van der Waals surface area contributed by atoms with Crippen LogP contribution in [0.5, 0.6) is 5.75 Å². The summed E-state index contributed by atoms with van der Waals surface area (Å²) in [5, 5.41) is 0. The Balaban J connectivity index is 2.12. The third kappa shape index (κ3) is 4.34. The fourth-order valence-corrected chi connectivity index (χ4v) is 4.38. The molecule has 0 saturated carbocycles. The highest BCUT2D eigenvalue weighted by molar-refractivity contribution is 7.90. The second-order valence-corrected chi connectivity index (χ2v) is 9.09. The lowest BCUT2D eigenvalue weighted by molar-refractivity contribution is 0.414. The first-order chi connectivity index (χ1) is 13.7. The van der Waals surface area contributed by atoms with Crippen molar-refractivity contribution in [1.29, 1.82) is 0 Å². The molecule has 0 amide bonds. The van der Waals surface area contributed by atoms with Crippen molar-refractivity contribution in [1.82, 2.24) is 4.90 Å². The van der Waals surface area contributed by atoms with Crippen LogP contribution in [0, 0.1) is 0 Å². The molecule has 1 saturated heterocycles. The number of benzene rings is 2. The van der Waals surface area contributed by atoms with Gasteiger partial charge in [0.15, 0.2) is 0 Å². The molecule has 29 heavy (non-hydrogen) atoms. The second-order valence-electron chi connectivity index (χ2n) is 7.49. The molecular formula is C22H27N3O3S. The first kappa shape index (κ1) is 21.0. The lowest BCUT2D eigenvalue weighted by Crippen LogP contribution is -2.59. The minimum Gasteiger partial charge on any atom is -0.497 e. The largest absolute Gasteiger partial charge is 0.497 e. The van der Waals surface area contributed by atoms with Gasteiger partial charge in [0.25, 0.3) is 10.0 Å². The first-order valence-electron chi connectivity index (χ1n) is 9.65. The molecule has 1 unspecified atom stereocenters. The molecule has 2 aromatic carbocycles. The Hall–Kier alpha value is -2.67. The third-order valence-electron chi connectivity index (χ3n) is 4.62. The van der Waals surface area contributed by atoms with E-state index >= 15 is 0 Å². The molecule has 1 atom stereocenters. The fourth-order valence-electron chi connectivity index (χ4n) is 3.33. The highest BCUT2D eigenvalue weighted by Gasteiger charge is 2.45. The topological polar surface area (TPSA) is 71.3 Å². The van der Waals surface area contributed by atoms with Crippen molar-refractivity contribution in [3.63, 3.8) is 0 Å². The van der Waals surface area contributed by atoms with E-state index in [1.165, 1.54) is 0 Å². The van der Waals surface area contributed by atoms with Crippen molar-refractivity contribution >= 4 is 21.7 Å². The number of hydrogen-bond donors (Lipinski definition) is 0. The van der Waals surface area contributed by atoms with Gasteiger partial charge in [-0.2, -0.15) is 8.42 Å². The summed E-state index contributed by atoms with van der Waals surface area (Å²) in [5.41, 5.74) is 0.934. The van der Waals surface area contributed by atoms with Crippen LogP contribution in [-0.2, 0) is 10.0 Å². The van der Waals surface area contributed by atoms with Gasteiger partial charge >= 0.3 is 0 Å². The first-order valence-corrected chi connectivity index (χ1v) is 11.1. The molecule has 6 nitrogen and oxygen atoms in total. The van der Waals surface area contributed by atoms with Gasteiger partial charge in [0, 0.05) is 12.1 Å². The van der Waals surface area contributed by atoms with Gasteiger partial charge in [0.1, 0.15) is 23.3 Å². The molecule has 7 heteroatoms. The standard InChI is InChI=1S/C22H27N3O3S/c1-15(2)23-21-20(17-11-13-18(28-5)14-12-17)22(25(21)16(3)4)24-29(26,27)19-9-7-6-8-10-19/h6-16,20H,1-5H3/b23-21?,24-22+. The highest BCUT2D eigenvalue weighted by Crippen LogP contribution is 2.36. The van der Waals surface area contributed by atoms with Crippen molar-refractivity contribution < 1.29 is 13.2 Å². The van der Waals surface area contributed by atoms with Crippen LogP contribution in [-0.4, -0.2) is 44.2 Å². The quantitative estimate of drug-likeness (QED) is 0.715. The van der Waals surface area contributed by atoms with E-state index < -0.39 is 10.0 Å². The van der Waals surface area contributed by atoms with Crippen LogP contribution in [0.25, 0.3) is 0 Å². The zero-order valence-corrected chi connectivity index (χ0v) is 18.2. The Bertz CT molecular complexity index is 1010. The molecule has 0 radical (unpaired) electrons. The number of ether oxygens (including phenoxy) is 1. The zero-order chi connectivity index (χ0) is 21.2. The van der Waals surface area contributed by atoms with E-state index in [0.29, 0.717) is 5.84 Å². The Kier molecular flexibility index (Phi) is 6.07. The van der Waals surface area contributed by atoms with Crippen molar-refractivity contribution in [2.45, 2.75) is 50.6 Å². The lowest BCUT2D eigenvalue weighted by atomic mass is 9.86. The van der Waals surface area contributed by atoms with Crippen LogP contribution < -0.4 is 4.74 Å². The average Bonchev–Trinajstić information content (AvgIpc) is 2.67. The van der Waals surface area contributed by atoms with Crippen molar-refractivity contribution in [3.05, 3.63) is 60.2 Å². The van der Waals surface area contributed by atoms with Crippen LogP contribution in [0.2, 0.25) is 0 Å². The van der Waals surface area contributed by atoms with E-state index in [2.05, 4.69) is 4.40 Å².